The summed E-state index contributed by atoms with van der Waals surface area (Å²) in [6.45, 7) is 6.59. The summed E-state index contributed by atoms with van der Waals surface area (Å²) in [5, 5.41) is 8.60. The summed E-state index contributed by atoms with van der Waals surface area (Å²) >= 11 is 7.79. The summed E-state index contributed by atoms with van der Waals surface area (Å²) in [6, 6.07) is 6.02. The Morgan fingerprint density at radius 2 is 2.00 bits per heavy atom. The van der Waals surface area contributed by atoms with Gasteiger partial charge in [-0.2, -0.15) is 8.75 Å². The molecule has 0 bridgehead atoms. The molecule has 156 valence electrons. The Balaban J connectivity index is 1.47. The van der Waals surface area contributed by atoms with Gasteiger partial charge < -0.3 is 15.0 Å². The van der Waals surface area contributed by atoms with Crippen LogP contribution in [0.4, 0.5) is 5.82 Å². The van der Waals surface area contributed by atoms with Crippen molar-refractivity contribution >= 4 is 46.4 Å². The molecule has 5 rings (SSSR count). The van der Waals surface area contributed by atoms with Gasteiger partial charge in [0.1, 0.15) is 11.0 Å². The van der Waals surface area contributed by atoms with Crippen LogP contribution in [0.5, 0.6) is 0 Å². The van der Waals surface area contributed by atoms with E-state index in [4.69, 9.17) is 26.7 Å². The van der Waals surface area contributed by atoms with Crippen LogP contribution in [-0.4, -0.2) is 45.7 Å². The SMILES string of the molecule is Cc1cccc(-c2cnc(N3CCC4(CC3)CO[C@@H](C)[C@H]4C=N)c3nsnc23)c1Cl. The normalized spacial score (nSPS) is 23.4. The molecule has 4 heterocycles. The lowest BCUT2D eigenvalue weighted by atomic mass is 9.69. The van der Waals surface area contributed by atoms with E-state index in [1.165, 1.54) is 11.7 Å². The van der Waals surface area contributed by atoms with E-state index in [1.807, 2.05) is 31.3 Å². The molecule has 2 aliphatic rings. The van der Waals surface area contributed by atoms with E-state index in [9.17, 15) is 0 Å². The zero-order valence-corrected chi connectivity index (χ0v) is 18.6. The first-order chi connectivity index (χ1) is 14.5. The molecule has 1 spiro atoms. The van der Waals surface area contributed by atoms with Crippen molar-refractivity contribution in [2.45, 2.75) is 32.8 Å². The van der Waals surface area contributed by atoms with Crippen LogP contribution in [0.1, 0.15) is 25.3 Å². The first-order valence-corrected chi connectivity index (χ1v) is 11.4. The summed E-state index contributed by atoms with van der Waals surface area (Å²) in [6.07, 6.45) is 5.58. The molecule has 1 aromatic carbocycles. The number of ether oxygens (including phenoxy) is 1. The molecule has 2 aliphatic heterocycles. The van der Waals surface area contributed by atoms with E-state index in [1.54, 1.807) is 6.21 Å². The number of rotatable bonds is 3. The van der Waals surface area contributed by atoms with Crippen molar-refractivity contribution < 1.29 is 4.74 Å². The molecule has 1 N–H and O–H groups in total. The molecule has 0 amide bonds. The maximum Gasteiger partial charge on any atom is 0.157 e. The summed E-state index contributed by atoms with van der Waals surface area (Å²) in [7, 11) is 0. The minimum absolute atomic E-state index is 0.0755. The van der Waals surface area contributed by atoms with Gasteiger partial charge in [0.2, 0.25) is 0 Å². The van der Waals surface area contributed by atoms with Crippen LogP contribution in [0.3, 0.4) is 0 Å². The molecule has 6 nitrogen and oxygen atoms in total. The molecule has 30 heavy (non-hydrogen) atoms. The van der Waals surface area contributed by atoms with E-state index in [0.717, 1.165) is 71.1 Å². The molecule has 2 fully saturated rings. The number of aryl methyl sites for hydroxylation is 1. The predicted molar refractivity (Wildman–Crippen MR) is 122 cm³/mol. The number of anilines is 1. The van der Waals surface area contributed by atoms with Gasteiger partial charge in [-0.25, -0.2) is 4.98 Å². The first kappa shape index (κ1) is 19.8. The van der Waals surface area contributed by atoms with Crippen molar-refractivity contribution in [1.82, 2.24) is 13.7 Å². The minimum atomic E-state index is 0.0755. The Bertz CT molecular complexity index is 1110. The van der Waals surface area contributed by atoms with Gasteiger partial charge in [0.05, 0.1) is 29.5 Å². The number of hydrogen-bond donors (Lipinski definition) is 1. The highest BCUT2D eigenvalue weighted by Gasteiger charge is 2.48. The molecule has 2 atom stereocenters. The average molecular weight is 442 g/mol. The van der Waals surface area contributed by atoms with Gasteiger partial charge in [0.25, 0.3) is 0 Å². The first-order valence-electron chi connectivity index (χ1n) is 10.3. The van der Waals surface area contributed by atoms with Crippen molar-refractivity contribution in [2.24, 2.45) is 11.3 Å². The fourth-order valence-corrected chi connectivity index (χ4v) is 5.78. The quantitative estimate of drug-likeness (QED) is 0.579. The van der Waals surface area contributed by atoms with Gasteiger partial charge in [0.15, 0.2) is 5.82 Å². The van der Waals surface area contributed by atoms with Gasteiger partial charge in [-0.1, -0.05) is 29.8 Å². The van der Waals surface area contributed by atoms with Crippen LogP contribution in [0.25, 0.3) is 22.2 Å². The van der Waals surface area contributed by atoms with Crippen molar-refractivity contribution in [3.63, 3.8) is 0 Å². The molecule has 2 aromatic heterocycles. The molecule has 0 unspecified atom stereocenters. The molecular formula is C22H24ClN5OS. The highest BCUT2D eigenvalue weighted by Crippen LogP contribution is 2.46. The van der Waals surface area contributed by atoms with Crippen molar-refractivity contribution in [2.75, 3.05) is 24.6 Å². The molecule has 0 radical (unpaired) electrons. The van der Waals surface area contributed by atoms with Gasteiger partial charge in [-0.3, -0.25) is 0 Å². The highest BCUT2D eigenvalue weighted by atomic mass is 35.5. The lowest BCUT2D eigenvalue weighted by Gasteiger charge is -2.41. The third kappa shape index (κ3) is 3.02. The van der Waals surface area contributed by atoms with Crippen LogP contribution in [0, 0.1) is 23.7 Å². The van der Waals surface area contributed by atoms with E-state index >= 15 is 0 Å². The van der Waals surface area contributed by atoms with Crippen LogP contribution < -0.4 is 4.90 Å². The number of hydrogen-bond acceptors (Lipinski definition) is 7. The lowest BCUT2D eigenvalue weighted by molar-refractivity contribution is 0.0973. The number of aromatic nitrogens is 3. The number of pyridine rings is 1. The molecule has 3 aromatic rings. The van der Waals surface area contributed by atoms with Crippen molar-refractivity contribution in [1.29, 1.82) is 5.41 Å². The van der Waals surface area contributed by atoms with E-state index < -0.39 is 0 Å². The standard InChI is InChI=1S/C22H24ClN5OS/c1-13-4-3-5-15(18(13)23)16-11-25-21(20-19(16)26-30-27-20)28-8-6-22(7-9-28)12-29-14(2)17(22)10-24/h3-5,10-11,14,17,24H,6-9,12H2,1-2H3/t14-,17+/m0/s1. The third-order valence-electron chi connectivity index (χ3n) is 6.84. The van der Waals surface area contributed by atoms with Gasteiger partial charge >= 0.3 is 0 Å². The van der Waals surface area contributed by atoms with E-state index in [2.05, 4.69) is 20.6 Å². The number of piperidine rings is 1. The number of nitrogens with one attached hydrogen (secondary N) is 1. The van der Waals surface area contributed by atoms with Gasteiger partial charge in [-0.05, 0) is 32.3 Å². The summed E-state index contributed by atoms with van der Waals surface area (Å²) in [5.74, 6) is 1.08. The van der Waals surface area contributed by atoms with Gasteiger partial charge in [-0.15, -0.1) is 0 Å². The Morgan fingerprint density at radius 3 is 2.77 bits per heavy atom. The monoisotopic (exact) mass is 441 g/mol. The molecular weight excluding hydrogens is 418 g/mol. The van der Waals surface area contributed by atoms with E-state index in [-0.39, 0.29) is 17.4 Å². The Kier molecular flexibility index (Phi) is 5.00. The van der Waals surface area contributed by atoms with Crippen LogP contribution in [0.15, 0.2) is 24.4 Å². The third-order valence-corrected chi connectivity index (χ3v) is 7.87. The lowest BCUT2D eigenvalue weighted by Crippen LogP contribution is -2.45. The summed E-state index contributed by atoms with van der Waals surface area (Å²) in [5.41, 5.74) is 4.67. The second-order valence-electron chi connectivity index (χ2n) is 8.45. The fourth-order valence-electron chi connectivity index (χ4n) is 4.99. The number of fused-ring (bicyclic) bond motifs is 1. The Labute approximate surface area is 185 Å². The zero-order valence-electron chi connectivity index (χ0n) is 17.1. The zero-order chi connectivity index (χ0) is 20.9. The number of halogens is 1. The predicted octanol–water partition coefficient (Wildman–Crippen LogP) is 4.99. The Morgan fingerprint density at radius 1 is 1.23 bits per heavy atom. The second-order valence-corrected chi connectivity index (χ2v) is 9.36. The second kappa shape index (κ2) is 7.55. The smallest absolute Gasteiger partial charge is 0.157 e. The maximum atomic E-state index is 7.87. The van der Waals surface area contributed by atoms with Crippen LogP contribution >= 0.6 is 23.3 Å². The van der Waals surface area contributed by atoms with Crippen molar-refractivity contribution in [3.8, 4) is 11.1 Å². The summed E-state index contributed by atoms with van der Waals surface area (Å²) in [4.78, 5) is 7.12. The number of benzene rings is 1. The molecule has 8 heteroatoms. The summed E-state index contributed by atoms with van der Waals surface area (Å²) < 4.78 is 15.1. The molecule has 0 saturated carbocycles. The van der Waals surface area contributed by atoms with Crippen LogP contribution in [0.2, 0.25) is 5.02 Å². The topological polar surface area (TPSA) is 75.0 Å². The number of nitrogens with zero attached hydrogens (tertiary/aromatic N) is 4. The van der Waals surface area contributed by atoms with Gasteiger partial charge in [0, 0.05) is 48.0 Å². The van der Waals surface area contributed by atoms with Crippen molar-refractivity contribution in [3.05, 3.63) is 35.0 Å². The fraction of sp³-hybridized carbons (Fsp3) is 0.455. The Hall–Kier alpha value is -2.09. The highest BCUT2D eigenvalue weighted by molar-refractivity contribution is 7.00. The average Bonchev–Trinajstić information content (AvgIpc) is 3.36. The molecule has 0 aliphatic carbocycles. The van der Waals surface area contributed by atoms with E-state index in [0.29, 0.717) is 0 Å². The van der Waals surface area contributed by atoms with Crippen LogP contribution in [-0.2, 0) is 4.74 Å². The maximum absolute atomic E-state index is 7.87. The largest absolute Gasteiger partial charge is 0.377 e. The molecule has 2 saturated heterocycles. The minimum Gasteiger partial charge on any atom is -0.377 e.